The van der Waals surface area contributed by atoms with Gasteiger partial charge in [0, 0.05) is 37.6 Å². The molecule has 2 N–H and O–H groups in total. The van der Waals surface area contributed by atoms with Gasteiger partial charge in [-0.3, -0.25) is 4.90 Å². The number of nitrogens with zero attached hydrogens (tertiary/aromatic N) is 3. The van der Waals surface area contributed by atoms with Crippen LogP contribution in [0.4, 0.5) is 0 Å². The summed E-state index contributed by atoms with van der Waals surface area (Å²) in [5.74, 6) is 0. The molecular formula is C10H18N4. The minimum Gasteiger partial charge on any atom is -0.337 e. The van der Waals surface area contributed by atoms with Gasteiger partial charge >= 0.3 is 0 Å². The van der Waals surface area contributed by atoms with Crippen molar-refractivity contribution in [2.24, 2.45) is 5.73 Å². The number of likely N-dealkylation sites (tertiary alicyclic amines) is 1. The number of aromatic nitrogens is 2. The van der Waals surface area contributed by atoms with Crippen molar-refractivity contribution < 1.29 is 0 Å². The van der Waals surface area contributed by atoms with Gasteiger partial charge in [0.1, 0.15) is 0 Å². The van der Waals surface area contributed by atoms with Crippen LogP contribution in [-0.2, 0) is 6.54 Å². The van der Waals surface area contributed by atoms with Crippen molar-refractivity contribution in [3.63, 3.8) is 0 Å². The summed E-state index contributed by atoms with van der Waals surface area (Å²) < 4.78 is 2.11. The number of hydrogen-bond donors (Lipinski definition) is 1. The molecule has 0 saturated carbocycles. The molecule has 4 heteroatoms. The van der Waals surface area contributed by atoms with Crippen LogP contribution in [0.25, 0.3) is 0 Å². The predicted octanol–water partition coefficient (Wildman–Crippen LogP) is 0.306. The molecule has 4 nitrogen and oxygen atoms in total. The van der Waals surface area contributed by atoms with E-state index in [9.17, 15) is 0 Å². The Morgan fingerprint density at radius 3 is 2.79 bits per heavy atom. The summed E-state index contributed by atoms with van der Waals surface area (Å²) in [6.07, 6.45) is 6.86. The third-order valence-corrected chi connectivity index (χ3v) is 2.62. The van der Waals surface area contributed by atoms with Crippen molar-refractivity contribution in [3.8, 4) is 0 Å². The van der Waals surface area contributed by atoms with Crippen molar-refractivity contribution in [1.29, 1.82) is 0 Å². The number of hydrogen-bond acceptors (Lipinski definition) is 3. The molecule has 0 bridgehead atoms. The van der Waals surface area contributed by atoms with Crippen LogP contribution in [0.15, 0.2) is 18.7 Å². The first kappa shape index (κ1) is 9.68. The summed E-state index contributed by atoms with van der Waals surface area (Å²) in [4.78, 5) is 6.41. The Kier molecular flexibility index (Phi) is 2.56. The zero-order valence-electron chi connectivity index (χ0n) is 8.69. The SMILES string of the molecule is CC1(N)CN(CCCn2ccnc2)C1. The number of nitrogens with two attached hydrogens (primary N) is 1. The summed E-state index contributed by atoms with van der Waals surface area (Å²) in [6.45, 7) is 6.38. The zero-order valence-corrected chi connectivity index (χ0v) is 8.69. The van der Waals surface area contributed by atoms with Crippen molar-refractivity contribution in [1.82, 2.24) is 14.5 Å². The molecule has 0 radical (unpaired) electrons. The Balaban J connectivity index is 1.61. The van der Waals surface area contributed by atoms with Gasteiger partial charge in [0.05, 0.1) is 6.33 Å². The van der Waals surface area contributed by atoms with Crippen LogP contribution in [0, 0.1) is 0 Å². The van der Waals surface area contributed by atoms with Crippen LogP contribution in [-0.4, -0.2) is 39.6 Å². The normalized spacial score (nSPS) is 20.7. The average Bonchev–Trinajstić information content (AvgIpc) is 2.53. The Morgan fingerprint density at radius 1 is 1.43 bits per heavy atom. The molecule has 1 aromatic heterocycles. The lowest BCUT2D eigenvalue weighted by molar-refractivity contribution is 0.0816. The molecule has 0 unspecified atom stereocenters. The highest BCUT2D eigenvalue weighted by atomic mass is 15.2. The lowest BCUT2D eigenvalue weighted by Crippen LogP contribution is -2.65. The molecule has 0 atom stereocenters. The number of rotatable bonds is 4. The first-order valence-corrected chi connectivity index (χ1v) is 5.13. The largest absolute Gasteiger partial charge is 0.337 e. The van der Waals surface area contributed by atoms with E-state index in [1.807, 2.05) is 18.7 Å². The van der Waals surface area contributed by atoms with Gasteiger partial charge in [-0.1, -0.05) is 0 Å². The first-order valence-electron chi connectivity index (χ1n) is 5.13. The quantitative estimate of drug-likeness (QED) is 0.750. The van der Waals surface area contributed by atoms with E-state index in [-0.39, 0.29) is 5.54 Å². The predicted molar refractivity (Wildman–Crippen MR) is 55.9 cm³/mol. The first-order chi connectivity index (χ1) is 6.66. The smallest absolute Gasteiger partial charge is 0.0945 e. The number of imidazole rings is 1. The van der Waals surface area contributed by atoms with Crippen LogP contribution in [0.5, 0.6) is 0 Å². The maximum atomic E-state index is 5.92. The van der Waals surface area contributed by atoms with Crippen LogP contribution in [0.1, 0.15) is 13.3 Å². The lowest BCUT2D eigenvalue weighted by Gasteiger charge is -2.45. The highest BCUT2D eigenvalue weighted by molar-refractivity contribution is 4.95. The van der Waals surface area contributed by atoms with Gasteiger partial charge in [0.25, 0.3) is 0 Å². The fourth-order valence-electron chi connectivity index (χ4n) is 2.03. The molecule has 1 aliphatic heterocycles. The minimum absolute atomic E-state index is 0.0645. The van der Waals surface area contributed by atoms with Gasteiger partial charge in [-0.15, -0.1) is 0 Å². The van der Waals surface area contributed by atoms with E-state index in [0.29, 0.717) is 0 Å². The van der Waals surface area contributed by atoms with E-state index in [1.165, 1.54) is 6.42 Å². The second-order valence-corrected chi connectivity index (χ2v) is 4.52. The van der Waals surface area contributed by atoms with Crippen molar-refractivity contribution in [3.05, 3.63) is 18.7 Å². The van der Waals surface area contributed by atoms with E-state index in [0.717, 1.165) is 26.2 Å². The molecule has 0 aliphatic carbocycles. The average molecular weight is 194 g/mol. The van der Waals surface area contributed by atoms with Gasteiger partial charge in [0.15, 0.2) is 0 Å². The van der Waals surface area contributed by atoms with Crippen molar-refractivity contribution >= 4 is 0 Å². The van der Waals surface area contributed by atoms with E-state index in [1.54, 1.807) is 0 Å². The van der Waals surface area contributed by atoms with Gasteiger partial charge < -0.3 is 10.3 Å². The Morgan fingerprint density at radius 2 is 2.21 bits per heavy atom. The lowest BCUT2D eigenvalue weighted by atomic mass is 9.94. The monoisotopic (exact) mass is 194 g/mol. The molecule has 2 rings (SSSR count). The fourth-order valence-corrected chi connectivity index (χ4v) is 2.03. The van der Waals surface area contributed by atoms with Crippen LogP contribution in [0.3, 0.4) is 0 Å². The maximum Gasteiger partial charge on any atom is 0.0945 e. The third-order valence-electron chi connectivity index (χ3n) is 2.62. The minimum atomic E-state index is 0.0645. The van der Waals surface area contributed by atoms with Gasteiger partial charge in [0.2, 0.25) is 0 Å². The summed E-state index contributed by atoms with van der Waals surface area (Å²) in [6, 6.07) is 0. The molecule has 0 spiro atoms. The van der Waals surface area contributed by atoms with Gasteiger partial charge in [-0.05, 0) is 19.9 Å². The summed E-state index contributed by atoms with van der Waals surface area (Å²) in [7, 11) is 0. The third kappa shape index (κ3) is 2.33. The second-order valence-electron chi connectivity index (χ2n) is 4.52. The topological polar surface area (TPSA) is 47.1 Å². The molecule has 78 valence electrons. The molecule has 1 fully saturated rings. The Labute approximate surface area is 84.7 Å². The van der Waals surface area contributed by atoms with Gasteiger partial charge in [-0.25, -0.2) is 4.98 Å². The van der Waals surface area contributed by atoms with Crippen molar-refractivity contribution in [2.75, 3.05) is 19.6 Å². The molecular weight excluding hydrogens is 176 g/mol. The Hall–Kier alpha value is -0.870. The summed E-state index contributed by atoms with van der Waals surface area (Å²) in [5.41, 5.74) is 5.99. The van der Waals surface area contributed by atoms with E-state index in [2.05, 4.69) is 21.4 Å². The highest BCUT2D eigenvalue weighted by Gasteiger charge is 2.33. The van der Waals surface area contributed by atoms with Crippen molar-refractivity contribution in [2.45, 2.75) is 25.4 Å². The Bertz CT molecular complexity index is 270. The molecule has 2 heterocycles. The maximum absolute atomic E-state index is 5.92. The summed E-state index contributed by atoms with van der Waals surface area (Å²) in [5, 5.41) is 0. The van der Waals surface area contributed by atoms with E-state index < -0.39 is 0 Å². The molecule has 1 aliphatic rings. The van der Waals surface area contributed by atoms with E-state index in [4.69, 9.17) is 5.73 Å². The molecule has 1 saturated heterocycles. The molecule has 0 amide bonds. The molecule has 14 heavy (non-hydrogen) atoms. The van der Waals surface area contributed by atoms with Crippen LogP contribution < -0.4 is 5.73 Å². The highest BCUT2D eigenvalue weighted by Crippen LogP contribution is 2.16. The zero-order chi connectivity index (χ0) is 10.0. The number of aryl methyl sites for hydroxylation is 1. The second kappa shape index (κ2) is 3.71. The van der Waals surface area contributed by atoms with Crippen LogP contribution >= 0.6 is 0 Å². The van der Waals surface area contributed by atoms with Crippen LogP contribution in [0.2, 0.25) is 0 Å². The summed E-state index contributed by atoms with van der Waals surface area (Å²) >= 11 is 0. The molecule has 1 aromatic rings. The fraction of sp³-hybridized carbons (Fsp3) is 0.700. The standard InChI is InChI=1S/C10H18N4/c1-10(11)7-14(8-10)5-2-4-13-6-3-12-9-13/h3,6,9H,2,4-5,7-8,11H2,1H3. The van der Waals surface area contributed by atoms with E-state index >= 15 is 0 Å². The van der Waals surface area contributed by atoms with Gasteiger partial charge in [-0.2, -0.15) is 0 Å². The molecule has 0 aromatic carbocycles.